The fourth-order valence-electron chi connectivity index (χ4n) is 0.926. The third-order valence-corrected chi connectivity index (χ3v) is 1.72. The molecule has 1 atom stereocenters. The van der Waals surface area contributed by atoms with Crippen molar-refractivity contribution < 1.29 is 19.8 Å². The maximum atomic E-state index is 11.2. The normalized spacial score (nSPS) is 12.5. The Labute approximate surface area is 88.7 Å². The minimum Gasteiger partial charge on any atom is -0.480 e. The number of amides is 1. The topological polar surface area (TPSA) is 98.7 Å². The van der Waals surface area contributed by atoms with E-state index >= 15 is 0 Å². The van der Waals surface area contributed by atoms with E-state index in [2.05, 4.69) is 10.6 Å². The first-order chi connectivity index (χ1) is 6.97. The van der Waals surface area contributed by atoms with Gasteiger partial charge >= 0.3 is 5.97 Å². The van der Waals surface area contributed by atoms with Crippen LogP contribution in [0.1, 0.15) is 20.3 Å². The molecule has 0 rings (SSSR count). The van der Waals surface area contributed by atoms with Gasteiger partial charge in [-0.05, 0) is 0 Å². The summed E-state index contributed by atoms with van der Waals surface area (Å²) < 4.78 is 0. The van der Waals surface area contributed by atoms with Crippen LogP contribution in [0.3, 0.4) is 0 Å². The lowest BCUT2D eigenvalue weighted by molar-refractivity contribution is -0.142. The molecule has 0 aliphatic rings. The monoisotopic (exact) mass is 218 g/mol. The van der Waals surface area contributed by atoms with E-state index in [9.17, 15) is 9.59 Å². The SMILES string of the molecule is CC(C)NCCC(=O)NC(CO)C(=O)O. The Kier molecular flexibility index (Phi) is 6.64. The highest BCUT2D eigenvalue weighted by atomic mass is 16.4. The zero-order valence-electron chi connectivity index (χ0n) is 8.99. The third kappa shape index (κ3) is 6.87. The Morgan fingerprint density at radius 3 is 2.33 bits per heavy atom. The quantitative estimate of drug-likeness (QED) is 0.436. The third-order valence-electron chi connectivity index (χ3n) is 1.72. The van der Waals surface area contributed by atoms with Gasteiger partial charge < -0.3 is 20.8 Å². The van der Waals surface area contributed by atoms with Crippen LogP contribution in [0.25, 0.3) is 0 Å². The van der Waals surface area contributed by atoms with Gasteiger partial charge in [0.15, 0.2) is 0 Å². The van der Waals surface area contributed by atoms with Crippen molar-refractivity contribution in [3.05, 3.63) is 0 Å². The largest absolute Gasteiger partial charge is 0.480 e. The number of carbonyl (C=O) groups is 2. The van der Waals surface area contributed by atoms with E-state index in [4.69, 9.17) is 10.2 Å². The van der Waals surface area contributed by atoms with Crippen molar-refractivity contribution in [1.82, 2.24) is 10.6 Å². The van der Waals surface area contributed by atoms with Gasteiger partial charge in [-0.3, -0.25) is 4.79 Å². The first kappa shape index (κ1) is 13.9. The van der Waals surface area contributed by atoms with E-state index in [1.54, 1.807) is 0 Å². The molecule has 6 heteroatoms. The number of aliphatic hydroxyl groups excluding tert-OH is 1. The first-order valence-corrected chi connectivity index (χ1v) is 4.83. The lowest BCUT2D eigenvalue weighted by Crippen LogP contribution is -2.44. The van der Waals surface area contributed by atoms with Crippen LogP contribution in [0.2, 0.25) is 0 Å². The molecule has 6 nitrogen and oxygen atoms in total. The van der Waals surface area contributed by atoms with Crippen molar-refractivity contribution in [1.29, 1.82) is 0 Å². The van der Waals surface area contributed by atoms with Gasteiger partial charge in [-0.15, -0.1) is 0 Å². The maximum absolute atomic E-state index is 11.2. The number of carboxylic acid groups (broad SMARTS) is 1. The molecule has 0 aliphatic carbocycles. The molecule has 0 aromatic carbocycles. The molecule has 0 heterocycles. The fraction of sp³-hybridized carbons (Fsp3) is 0.778. The van der Waals surface area contributed by atoms with Crippen molar-refractivity contribution in [2.75, 3.05) is 13.2 Å². The van der Waals surface area contributed by atoms with Gasteiger partial charge in [-0.1, -0.05) is 13.8 Å². The molecule has 0 saturated heterocycles. The highest BCUT2D eigenvalue weighted by Gasteiger charge is 2.17. The van der Waals surface area contributed by atoms with E-state index in [0.717, 1.165) is 0 Å². The molecule has 0 aromatic heterocycles. The molecule has 0 fully saturated rings. The van der Waals surface area contributed by atoms with Gasteiger partial charge in [0.25, 0.3) is 0 Å². The van der Waals surface area contributed by atoms with Crippen LogP contribution in [0, 0.1) is 0 Å². The molecule has 1 amide bonds. The van der Waals surface area contributed by atoms with Gasteiger partial charge in [0.1, 0.15) is 6.04 Å². The van der Waals surface area contributed by atoms with Gasteiger partial charge in [0.05, 0.1) is 6.61 Å². The minimum atomic E-state index is -1.23. The molecule has 0 bridgehead atoms. The lowest BCUT2D eigenvalue weighted by Gasteiger charge is -2.12. The number of hydrogen-bond acceptors (Lipinski definition) is 4. The average Bonchev–Trinajstić information content (AvgIpc) is 2.13. The highest BCUT2D eigenvalue weighted by Crippen LogP contribution is 1.86. The van der Waals surface area contributed by atoms with Crippen LogP contribution in [0.15, 0.2) is 0 Å². The van der Waals surface area contributed by atoms with Crippen LogP contribution in [0.5, 0.6) is 0 Å². The Morgan fingerprint density at radius 2 is 1.93 bits per heavy atom. The van der Waals surface area contributed by atoms with Gasteiger partial charge in [0, 0.05) is 19.0 Å². The second kappa shape index (κ2) is 7.19. The van der Waals surface area contributed by atoms with Crippen molar-refractivity contribution in [3.8, 4) is 0 Å². The van der Waals surface area contributed by atoms with E-state index in [0.29, 0.717) is 6.54 Å². The second-order valence-corrected chi connectivity index (χ2v) is 3.50. The summed E-state index contributed by atoms with van der Waals surface area (Å²) in [5, 5.41) is 22.4. The van der Waals surface area contributed by atoms with Crippen LogP contribution in [-0.2, 0) is 9.59 Å². The van der Waals surface area contributed by atoms with E-state index < -0.39 is 18.6 Å². The van der Waals surface area contributed by atoms with Crippen molar-refractivity contribution >= 4 is 11.9 Å². The van der Waals surface area contributed by atoms with E-state index in [1.165, 1.54) is 0 Å². The number of carboxylic acids is 1. The Hall–Kier alpha value is -1.14. The average molecular weight is 218 g/mol. The molecule has 88 valence electrons. The number of aliphatic carboxylic acids is 1. The van der Waals surface area contributed by atoms with Crippen molar-refractivity contribution in [2.24, 2.45) is 0 Å². The molecule has 4 N–H and O–H groups in total. The van der Waals surface area contributed by atoms with Crippen molar-refractivity contribution in [3.63, 3.8) is 0 Å². The summed E-state index contributed by atoms with van der Waals surface area (Å²) in [7, 11) is 0. The van der Waals surface area contributed by atoms with Crippen LogP contribution < -0.4 is 10.6 Å². The summed E-state index contributed by atoms with van der Waals surface area (Å²) in [4.78, 5) is 21.6. The summed E-state index contributed by atoms with van der Waals surface area (Å²) in [5.74, 6) is -1.62. The minimum absolute atomic E-state index is 0.196. The molecule has 0 aliphatic heterocycles. The van der Waals surface area contributed by atoms with Gasteiger partial charge in [0.2, 0.25) is 5.91 Å². The summed E-state index contributed by atoms with van der Waals surface area (Å²) in [6.45, 7) is 3.79. The smallest absolute Gasteiger partial charge is 0.328 e. The summed E-state index contributed by atoms with van der Waals surface area (Å²) in [5.41, 5.74) is 0. The molecule has 1 unspecified atom stereocenters. The van der Waals surface area contributed by atoms with Crippen LogP contribution >= 0.6 is 0 Å². The van der Waals surface area contributed by atoms with Gasteiger partial charge in [-0.25, -0.2) is 4.79 Å². The maximum Gasteiger partial charge on any atom is 0.328 e. The van der Waals surface area contributed by atoms with Crippen molar-refractivity contribution in [2.45, 2.75) is 32.4 Å². The van der Waals surface area contributed by atoms with Gasteiger partial charge in [-0.2, -0.15) is 0 Å². The Balaban J connectivity index is 3.77. The number of hydrogen-bond donors (Lipinski definition) is 4. The Bertz CT molecular complexity index is 218. The molecule has 0 aromatic rings. The molecule has 0 radical (unpaired) electrons. The summed E-state index contributed by atoms with van der Waals surface area (Å²) in [6, 6.07) is -0.928. The second-order valence-electron chi connectivity index (χ2n) is 3.50. The Morgan fingerprint density at radius 1 is 1.33 bits per heavy atom. The zero-order chi connectivity index (χ0) is 11.8. The molecular weight excluding hydrogens is 200 g/mol. The molecule has 0 saturated carbocycles. The first-order valence-electron chi connectivity index (χ1n) is 4.83. The number of rotatable bonds is 7. The van der Waals surface area contributed by atoms with E-state index in [1.807, 2.05) is 13.8 Å². The standard InChI is InChI=1S/C9H18N2O4/c1-6(2)10-4-3-8(13)11-7(5-12)9(14)15/h6-7,10,12H,3-5H2,1-2H3,(H,11,13)(H,14,15). The fourth-order valence-corrected chi connectivity index (χ4v) is 0.926. The number of nitrogens with one attached hydrogen (secondary N) is 2. The highest BCUT2D eigenvalue weighted by molar-refractivity contribution is 5.83. The molecule has 15 heavy (non-hydrogen) atoms. The van der Waals surface area contributed by atoms with Crippen LogP contribution in [-0.4, -0.2) is 47.3 Å². The summed E-state index contributed by atoms with van der Waals surface area (Å²) >= 11 is 0. The predicted molar refractivity (Wildman–Crippen MR) is 54.4 cm³/mol. The zero-order valence-corrected chi connectivity index (χ0v) is 8.99. The molecule has 0 spiro atoms. The number of carbonyl (C=O) groups excluding carboxylic acids is 1. The molecular formula is C9H18N2O4. The lowest BCUT2D eigenvalue weighted by atomic mass is 10.3. The van der Waals surface area contributed by atoms with Crippen LogP contribution in [0.4, 0.5) is 0 Å². The number of aliphatic hydroxyl groups is 1. The predicted octanol–water partition coefficient (Wildman–Crippen LogP) is -1.06. The van der Waals surface area contributed by atoms with E-state index in [-0.39, 0.29) is 18.4 Å². The summed E-state index contributed by atoms with van der Waals surface area (Å²) in [6.07, 6.45) is 0.196.